The number of aryl methyl sites for hydroxylation is 1. The Morgan fingerprint density at radius 1 is 1.18 bits per heavy atom. The molecule has 1 heterocycles. The maximum atomic E-state index is 10.7. The Bertz CT molecular complexity index is 945. The van der Waals surface area contributed by atoms with Crippen molar-refractivity contribution in [2.24, 2.45) is 12.0 Å². The summed E-state index contributed by atoms with van der Waals surface area (Å²) in [7, 11) is 1.83. The molecule has 3 N–H and O–H groups in total. The van der Waals surface area contributed by atoms with Gasteiger partial charge in [0.15, 0.2) is 5.96 Å². The Labute approximate surface area is 166 Å². The van der Waals surface area contributed by atoms with Gasteiger partial charge >= 0.3 is 0 Å². The molecule has 148 valence electrons. The minimum absolute atomic E-state index is 0.254. The van der Waals surface area contributed by atoms with Gasteiger partial charge in [-0.1, -0.05) is 42.5 Å². The van der Waals surface area contributed by atoms with Crippen molar-refractivity contribution in [3.8, 4) is 0 Å². The molecule has 28 heavy (non-hydrogen) atoms. The van der Waals surface area contributed by atoms with E-state index < -0.39 is 5.60 Å². The molecule has 0 fully saturated rings. The van der Waals surface area contributed by atoms with Crippen LogP contribution in [0.25, 0.3) is 10.8 Å². The summed E-state index contributed by atoms with van der Waals surface area (Å²) in [6, 6.07) is 14.9. The molecule has 1 aromatic heterocycles. The molecule has 0 radical (unpaired) electrons. The number of nitrogens with zero attached hydrogens (tertiary/aromatic N) is 3. The SMILES string of the molecule is CCNC(=NCC(C)(O)c1cnn(C)c1)NCCc1ccc2ccccc2c1. The minimum Gasteiger partial charge on any atom is -0.383 e. The Morgan fingerprint density at radius 2 is 1.96 bits per heavy atom. The molecular formula is C22H29N5O. The van der Waals surface area contributed by atoms with Crippen LogP contribution in [-0.2, 0) is 19.1 Å². The first kappa shape index (κ1) is 19.9. The Morgan fingerprint density at radius 3 is 2.68 bits per heavy atom. The van der Waals surface area contributed by atoms with Gasteiger partial charge < -0.3 is 15.7 Å². The molecule has 6 heteroatoms. The molecule has 3 aromatic rings. The van der Waals surface area contributed by atoms with Crippen LogP contribution in [0.3, 0.4) is 0 Å². The van der Waals surface area contributed by atoms with Crippen LogP contribution in [0.1, 0.15) is 25.0 Å². The lowest BCUT2D eigenvalue weighted by molar-refractivity contribution is 0.0672. The number of hydrogen-bond donors (Lipinski definition) is 3. The van der Waals surface area contributed by atoms with Crippen LogP contribution in [-0.4, -0.2) is 40.5 Å². The van der Waals surface area contributed by atoms with E-state index in [0.717, 1.165) is 25.1 Å². The van der Waals surface area contributed by atoms with Crippen molar-refractivity contribution in [3.05, 3.63) is 66.0 Å². The van der Waals surface area contributed by atoms with E-state index in [1.165, 1.54) is 16.3 Å². The molecule has 0 aliphatic heterocycles. The lowest BCUT2D eigenvalue weighted by Crippen LogP contribution is -2.39. The molecule has 1 atom stereocenters. The fraction of sp³-hybridized carbons (Fsp3) is 0.364. The van der Waals surface area contributed by atoms with Crippen molar-refractivity contribution in [2.45, 2.75) is 25.9 Å². The first-order chi connectivity index (χ1) is 13.5. The van der Waals surface area contributed by atoms with Gasteiger partial charge in [-0.2, -0.15) is 5.10 Å². The van der Waals surface area contributed by atoms with Gasteiger partial charge in [-0.15, -0.1) is 0 Å². The number of nitrogens with one attached hydrogen (secondary N) is 2. The standard InChI is InChI=1S/C22H29N5O/c1-4-23-21(25-16-22(2,28)20-14-26-27(3)15-20)24-12-11-17-9-10-18-7-5-6-8-19(18)13-17/h5-10,13-15,28H,4,11-12,16H2,1-3H3,(H2,23,24,25). The second kappa shape index (κ2) is 8.89. The van der Waals surface area contributed by atoms with Crippen molar-refractivity contribution >= 4 is 16.7 Å². The molecule has 0 saturated carbocycles. The average Bonchev–Trinajstić information content (AvgIpc) is 3.13. The second-order valence-electron chi connectivity index (χ2n) is 7.23. The average molecular weight is 380 g/mol. The van der Waals surface area contributed by atoms with Gasteiger partial charge in [0.05, 0.1) is 12.7 Å². The Balaban J connectivity index is 1.59. The zero-order valence-corrected chi connectivity index (χ0v) is 16.8. The van der Waals surface area contributed by atoms with Crippen LogP contribution in [0.2, 0.25) is 0 Å². The van der Waals surface area contributed by atoms with E-state index in [1.54, 1.807) is 17.8 Å². The second-order valence-corrected chi connectivity index (χ2v) is 7.23. The van der Waals surface area contributed by atoms with Gasteiger partial charge in [0, 0.05) is 31.9 Å². The van der Waals surface area contributed by atoms with E-state index in [1.807, 2.05) is 20.2 Å². The fourth-order valence-electron chi connectivity index (χ4n) is 3.08. The number of aliphatic imine (C=N–C) groups is 1. The number of benzene rings is 2. The van der Waals surface area contributed by atoms with E-state index in [4.69, 9.17) is 0 Å². The molecule has 2 aromatic carbocycles. The smallest absolute Gasteiger partial charge is 0.191 e. The van der Waals surface area contributed by atoms with Crippen molar-refractivity contribution in [1.82, 2.24) is 20.4 Å². The molecule has 0 aliphatic carbocycles. The summed E-state index contributed by atoms with van der Waals surface area (Å²) in [6.07, 6.45) is 4.39. The summed E-state index contributed by atoms with van der Waals surface area (Å²) >= 11 is 0. The minimum atomic E-state index is -1.06. The summed E-state index contributed by atoms with van der Waals surface area (Å²) < 4.78 is 1.68. The van der Waals surface area contributed by atoms with Gasteiger partial charge in [-0.25, -0.2) is 4.99 Å². The predicted octanol–water partition coefficient (Wildman–Crippen LogP) is 2.58. The van der Waals surface area contributed by atoms with Crippen LogP contribution in [0, 0.1) is 0 Å². The number of guanidine groups is 1. The largest absolute Gasteiger partial charge is 0.383 e. The van der Waals surface area contributed by atoms with Crippen molar-refractivity contribution in [1.29, 1.82) is 0 Å². The highest BCUT2D eigenvalue weighted by Gasteiger charge is 2.24. The zero-order chi connectivity index (χ0) is 20.0. The van der Waals surface area contributed by atoms with Gasteiger partial charge in [-0.05, 0) is 36.6 Å². The van der Waals surface area contributed by atoms with Crippen molar-refractivity contribution in [2.75, 3.05) is 19.6 Å². The monoisotopic (exact) mass is 379 g/mol. The van der Waals surface area contributed by atoms with Gasteiger partial charge in [0.2, 0.25) is 0 Å². The Kier molecular flexibility index (Phi) is 6.31. The molecule has 0 amide bonds. The molecular weight excluding hydrogens is 350 g/mol. The predicted molar refractivity (Wildman–Crippen MR) is 114 cm³/mol. The van der Waals surface area contributed by atoms with Crippen LogP contribution in [0.5, 0.6) is 0 Å². The Hall–Kier alpha value is -2.86. The molecule has 0 bridgehead atoms. The quantitative estimate of drug-likeness (QED) is 0.436. The normalized spacial score (nSPS) is 14.1. The summed E-state index contributed by atoms with van der Waals surface area (Å²) in [4.78, 5) is 4.56. The molecule has 1 unspecified atom stereocenters. The maximum absolute atomic E-state index is 10.7. The molecule has 0 spiro atoms. The third-order valence-electron chi connectivity index (χ3n) is 4.74. The summed E-state index contributed by atoms with van der Waals surface area (Å²) in [5, 5.41) is 23.9. The summed E-state index contributed by atoms with van der Waals surface area (Å²) in [5.41, 5.74) is 0.977. The van der Waals surface area contributed by atoms with Crippen molar-refractivity contribution < 1.29 is 5.11 Å². The first-order valence-electron chi connectivity index (χ1n) is 9.69. The van der Waals surface area contributed by atoms with Gasteiger partial charge in [-0.3, -0.25) is 4.68 Å². The number of hydrogen-bond acceptors (Lipinski definition) is 3. The van der Waals surface area contributed by atoms with Crippen LogP contribution in [0.15, 0.2) is 59.9 Å². The van der Waals surface area contributed by atoms with E-state index in [2.05, 4.69) is 63.2 Å². The van der Waals surface area contributed by atoms with Crippen LogP contribution >= 0.6 is 0 Å². The third kappa shape index (κ3) is 5.10. The highest BCUT2D eigenvalue weighted by Crippen LogP contribution is 2.20. The topological polar surface area (TPSA) is 74.5 Å². The molecule has 3 rings (SSSR count). The van der Waals surface area contributed by atoms with Crippen LogP contribution in [0.4, 0.5) is 0 Å². The lowest BCUT2D eigenvalue weighted by atomic mass is 10.0. The highest BCUT2D eigenvalue weighted by molar-refractivity contribution is 5.83. The molecule has 0 aliphatic rings. The lowest BCUT2D eigenvalue weighted by Gasteiger charge is -2.20. The fourth-order valence-corrected chi connectivity index (χ4v) is 3.08. The van der Waals surface area contributed by atoms with Crippen molar-refractivity contribution in [3.63, 3.8) is 0 Å². The highest BCUT2D eigenvalue weighted by atomic mass is 16.3. The van der Waals surface area contributed by atoms with Gasteiger partial charge in [0.1, 0.15) is 5.60 Å². The first-order valence-corrected chi connectivity index (χ1v) is 9.69. The summed E-state index contributed by atoms with van der Waals surface area (Å²) in [6.45, 7) is 5.56. The molecule has 0 saturated heterocycles. The van der Waals surface area contributed by atoms with Gasteiger partial charge in [0.25, 0.3) is 0 Å². The number of fused-ring (bicyclic) bond motifs is 1. The van der Waals surface area contributed by atoms with E-state index >= 15 is 0 Å². The number of aliphatic hydroxyl groups is 1. The van der Waals surface area contributed by atoms with E-state index in [-0.39, 0.29) is 6.54 Å². The number of rotatable bonds is 7. The van der Waals surface area contributed by atoms with E-state index in [0.29, 0.717) is 5.96 Å². The number of aromatic nitrogens is 2. The summed E-state index contributed by atoms with van der Waals surface area (Å²) in [5.74, 6) is 0.701. The van der Waals surface area contributed by atoms with E-state index in [9.17, 15) is 5.11 Å². The third-order valence-corrected chi connectivity index (χ3v) is 4.74. The van der Waals surface area contributed by atoms with Crippen LogP contribution < -0.4 is 10.6 Å². The maximum Gasteiger partial charge on any atom is 0.191 e. The zero-order valence-electron chi connectivity index (χ0n) is 16.8. The molecule has 6 nitrogen and oxygen atoms in total.